The van der Waals surface area contributed by atoms with E-state index in [0.29, 0.717) is 6.42 Å². The normalized spacial score (nSPS) is 17.7. The van der Waals surface area contributed by atoms with Crippen molar-refractivity contribution in [3.05, 3.63) is 23.8 Å². The van der Waals surface area contributed by atoms with E-state index >= 15 is 0 Å². The van der Waals surface area contributed by atoms with Gasteiger partial charge in [0, 0.05) is 13.8 Å². The highest BCUT2D eigenvalue weighted by Crippen LogP contribution is 2.22. The number of rotatable bonds is 4. The van der Waals surface area contributed by atoms with E-state index in [0.717, 1.165) is 19.4 Å². The third-order valence-electron chi connectivity index (χ3n) is 2.63. The van der Waals surface area contributed by atoms with Crippen molar-refractivity contribution in [2.75, 3.05) is 0 Å². The molecule has 0 radical (unpaired) electrons. The summed E-state index contributed by atoms with van der Waals surface area (Å²) in [4.78, 5) is 22.1. The topological polar surface area (TPSA) is 86.7 Å². The Morgan fingerprint density at radius 3 is 2.20 bits per heavy atom. The van der Waals surface area contributed by atoms with E-state index in [1.807, 2.05) is 6.92 Å². The van der Waals surface area contributed by atoms with Crippen LogP contribution in [-0.2, 0) is 29.4 Å². The van der Waals surface area contributed by atoms with Crippen molar-refractivity contribution >= 4 is 27.1 Å². The van der Waals surface area contributed by atoms with Gasteiger partial charge in [0.15, 0.2) is 0 Å². The first kappa shape index (κ1) is 16.2. The molecule has 110 valence electrons. The summed E-state index contributed by atoms with van der Waals surface area (Å²) in [5.41, 5.74) is 0.824. The number of esters is 2. The lowest BCUT2D eigenvalue weighted by Gasteiger charge is -2.25. The zero-order chi connectivity index (χ0) is 15.3. The van der Waals surface area contributed by atoms with Crippen molar-refractivity contribution in [3.63, 3.8) is 0 Å². The maximum atomic E-state index is 11.3. The molecule has 7 heteroatoms. The molecule has 1 unspecified atom stereocenters. The molecule has 0 aromatic carbocycles. The minimum Gasteiger partial charge on any atom is -0.424 e. The number of ether oxygens (including phenoxy) is 2. The second kappa shape index (κ2) is 7.04. The molecular formula is C13H16O6S. The molecule has 0 fully saturated rings. The van der Waals surface area contributed by atoms with E-state index in [2.05, 4.69) is 0 Å². The van der Waals surface area contributed by atoms with Crippen molar-refractivity contribution in [1.82, 2.24) is 0 Å². The molecule has 0 N–H and O–H groups in total. The lowest BCUT2D eigenvalue weighted by molar-refractivity contribution is -0.187. The Bertz CT molecular complexity index is 572. The molecule has 0 aromatic heterocycles. The van der Waals surface area contributed by atoms with Crippen molar-refractivity contribution in [2.45, 2.75) is 33.5 Å². The monoisotopic (exact) mass is 300 g/mol. The summed E-state index contributed by atoms with van der Waals surface area (Å²) >= 11 is 0. The molecule has 20 heavy (non-hydrogen) atoms. The Balaban J connectivity index is 3.16. The van der Waals surface area contributed by atoms with Crippen LogP contribution in [-0.4, -0.2) is 31.5 Å². The first-order valence-electron chi connectivity index (χ1n) is 6.04. The van der Waals surface area contributed by atoms with E-state index < -0.39 is 34.4 Å². The molecule has 1 aliphatic rings. The van der Waals surface area contributed by atoms with Gasteiger partial charge in [-0.1, -0.05) is 19.1 Å². The van der Waals surface area contributed by atoms with Crippen LogP contribution in [0, 0.1) is 5.92 Å². The summed E-state index contributed by atoms with van der Waals surface area (Å²) in [6.45, 7) is 4.20. The molecule has 1 rings (SSSR count). The molecule has 1 atom stereocenters. The van der Waals surface area contributed by atoms with Crippen molar-refractivity contribution in [3.8, 4) is 0 Å². The van der Waals surface area contributed by atoms with Crippen LogP contribution in [0.5, 0.6) is 0 Å². The highest BCUT2D eigenvalue weighted by atomic mass is 32.2. The van der Waals surface area contributed by atoms with E-state index in [9.17, 15) is 18.0 Å². The highest BCUT2D eigenvalue weighted by molar-refractivity contribution is 7.73. The standard InChI is InChI=1S/C13H16O6S/c1-4-10-5-6-11(12(7-10)20(16)17)13(18-8(2)14)19-9(3)15/h5-7,11,13H,4H2,1-3H3. The van der Waals surface area contributed by atoms with Crippen LogP contribution in [0.15, 0.2) is 23.8 Å². The fraction of sp³-hybridized carbons (Fsp3) is 0.462. The lowest BCUT2D eigenvalue weighted by Crippen LogP contribution is -2.35. The maximum Gasteiger partial charge on any atom is 0.305 e. The minimum atomic E-state index is -2.50. The van der Waals surface area contributed by atoms with Gasteiger partial charge in [-0.2, -0.15) is 8.42 Å². The van der Waals surface area contributed by atoms with Crippen LogP contribution in [0.3, 0.4) is 0 Å². The van der Waals surface area contributed by atoms with Crippen molar-refractivity contribution in [2.24, 2.45) is 5.92 Å². The summed E-state index contributed by atoms with van der Waals surface area (Å²) in [6, 6.07) is 0. The smallest absolute Gasteiger partial charge is 0.305 e. The SMILES string of the molecule is CCC1=CC(=S(=O)=O)C(C(OC(C)=O)OC(C)=O)C=C1. The number of allylic oxidation sites excluding steroid dienone is 3. The van der Waals surface area contributed by atoms with E-state index in [4.69, 9.17) is 9.47 Å². The van der Waals surface area contributed by atoms with Gasteiger partial charge in [-0.3, -0.25) is 9.59 Å². The second-order valence-electron chi connectivity index (χ2n) is 4.18. The van der Waals surface area contributed by atoms with Gasteiger partial charge < -0.3 is 9.47 Å². The number of hydrogen-bond donors (Lipinski definition) is 0. The average Bonchev–Trinajstić information content (AvgIpc) is 2.36. The van der Waals surface area contributed by atoms with Gasteiger partial charge in [0.05, 0.1) is 10.8 Å². The third-order valence-corrected chi connectivity index (χ3v) is 3.41. The summed E-state index contributed by atoms with van der Waals surface area (Å²) in [6.07, 6.45) is 4.15. The summed E-state index contributed by atoms with van der Waals surface area (Å²) in [7, 11) is -2.50. The Labute approximate surface area is 118 Å². The zero-order valence-corrected chi connectivity index (χ0v) is 12.3. The molecule has 6 nitrogen and oxygen atoms in total. The van der Waals surface area contributed by atoms with Gasteiger partial charge in [0.1, 0.15) is 0 Å². The van der Waals surface area contributed by atoms with Crippen LogP contribution in [0.25, 0.3) is 0 Å². The van der Waals surface area contributed by atoms with Gasteiger partial charge in [-0.05, 0) is 18.1 Å². The fourth-order valence-electron chi connectivity index (χ4n) is 1.75. The average molecular weight is 300 g/mol. The molecule has 0 bridgehead atoms. The lowest BCUT2D eigenvalue weighted by atomic mass is 9.94. The van der Waals surface area contributed by atoms with Gasteiger partial charge in [0.2, 0.25) is 10.3 Å². The van der Waals surface area contributed by atoms with Gasteiger partial charge in [-0.25, -0.2) is 0 Å². The van der Waals surface area contributed by atoms with E-state index in [1.165, 1.54) is 6.08 Å². The van der Waals surface area contributed by atoms with Gasteiger partial charge in [-0.15, -0.1) is 0 Å². The van der Waals surface area contributed by atoms with Crippen LogP contribution < -0.4 is 0 Å². The number of hydrogen-bond acceptors (Lipinski definition) is 6. The molecule has 0 saturated heterocycles. The van der Waals surface area contributed by atoms with Crippen molar-refractivity contribution in [1.29, 1.82) is 0 Å². The highest BCUT2D eigenvalue weighted by Gasteiger charge is 2.31. The third kappa shape index (κ3) is 4.34. The van der Waals surface area contributed by atoms with Gasteiger partial charge in [0.25, 0.3) is 6.29 Å². The predicted octanol–water partition coefficient (Wildman–Crippen LogP) is 1.01. The predicted molar refractivity (Wildman–Crippen MR) is 72.3 cm³/mol. The minimum absolute atomic E-state index is 0.0249. The second-order valence-corrected chi connectivity index (χ2v) is 5.12. The molecule has 0 amide bonds. The van der Waals surface area contributed by atoms with Crippen molar-refractivity contribution < 1.29 is 27.5 Å². The zero-order valence-electron chi connectivity index (χ0n) is 11.5. The van der Waals surface area contributed by atoms with Crippen LogP contribution in [0.2, 0.25) is 0 Å². The fourth-order valence-corrected chi connectivity index (χ4v) is 2.41. The first-order valence-corrected chi connectivity index (χ1v) is 7.12. The Kier molecular flexibility index (Phi) is 5.69. The van der Waals surface area contributed by atoms with Gasteiger partial charge >= 0.3 is 11.9 Å². The Morgan fingerprint density at radius 1 is 1.25 bits per heavy atom. The molecule has 1 aliphatic carbocycles. The molecule has 0 saturated carbocycles. The summed E-state index contributed by atoms with van der Waals surface area (Å²) < 4.78 is 32.4. The van der Waals surface area contributed by atoms with E-state index in [-0.39, 0.29) is 4.86 Å². The van der Waals surface area contributed by atoms with Crippen LogP contribution in [0.4, 0.5) is 0 Å². The number of carbonyl (C=O) groups is 2. The maximum absolute atomic E-state index is 11.3. The molecule has 0 spiro atoms. The Morgan fingerprint density at radius 2 is 1.80 bits per heavy atom. The van der Waals surface area contributed by atoms with Crippen LogP contribution >= 0.6 is 0 Å². The summed E-state index contributed by atoms with van der Waals surface area (Å²) in [5, 5.41) is 0. The Hall–Kier alpha value is -1.89. The molecular weight excluding hydrogens is 284 g/mol. The molecule has 0 aliphatic heterocycles. The molecule has 0 aromatic rings. The summed E-state index contributed by atoms with van der Waals surface area (Å²) in [5.74, 6) is -2.16. The number of carbonyl (C=O) groups excluding carboxylic acids is 2. The first-order chi connectivity index (χ1) is 9.35. The quantitative estimate of drug-likeness (QED) is 0.437. The van der Waals surface area contributed by atoms with Crippen LogP contribution in [0.1, 0.15) is 27.2 Å². The molecule has 0 heterocycles. The van der Waals surface area contributed by atoms with E-state index in [1.54, 1.807) is 12.2 Å². The largest absolute Gasteiger partial charge is 0.424 e.